The number of hydrogen-bond acceptors (Lipinski definition) is 2. The van der Waals surface area contributed by atoms with Gasteiger partial charge in [0.2, 0.25) is 0 Å². The molecule has 1 aromatic rings. The molecule has 2 nitrogen and oxygen atoms in total. The third-order valence-electron chi connectivity index (χ3n) is 2.89. The molecule has 2 heteroatoms. The molecule has 2 rings (SSSR count). The van der Waals surface area contributed by atoms with Crippen LogP contribution >= 0.6 is 0 Å². The van der Waals surface area contributed by atoms with Crippen LogP contribution in [0, 0.1) is 0 Å². The standard InChI is InChI=1S/C12H15NO/c1-8(13-2)9-6-7-11-10(9)4-3-5-12(11)14/h3-6,8,13-14H,7H2,1-2H3. The average Bonchev–Trinajstić information content (AvgIpc) is 2.62. The van der Waals surface area contributed by atoms with Gasteiger partial charge >= 0.3 is 0 Å². The Balaban J connectivity index is 2.42. The van der Waals surface area contributed by atoms with E-state index < -0.39 is 0 Å². The largest absolute Gasteiger partial charge is 0.508 e. The van der Waals surface area contributed by atoms with Crippen molar-refractivity contribution in [2.24, 2.45) is 0 Å². The Labute approximate surface area is 84.3 Å². The van der Waals surface area contributed by atoms with E-state index in [9.17, 15) is 5.11 Å². The molecule has 0 aromatic heterocycles. The van der Waals surface area contributed by atoms with Gasteiger partial charge in [0.05, 0.1) is 0 Å². The highest BCUT2D eigenvalue weighted by atomic mass is 16.3. The molecule has 0 bridgehead atoms. The van der Waals surface area contributed by atoms with Gasteiger partial charge in [-0.3, -0.25) is 0 Å². The number of benzene rings is 1. The fourth-order valence-electron chi connectivity index (χ4n) is 1.95. The van der Waals surface area contributed by atoms with Gasteiger partial charge in [-0.2, -0.15) is 0 Å². The van der Waals surface area contributed by atoms with Gasteiger partial charge in [0.15, 0.2) is 0 Å². The maximum Gasteiger partial charge on any atom is 0.119 e. The van der Waals surface area contributed by atoms with Crippen LogP contribution in [0.1, 0.15) is 18.1 Å². The summed E-state index contributed by atoms with van der Waals surface area (Å²) in [7, 11) is 1.95. The van der Waals surface area contributed by atoms with Crippen LogP contribution in [0.4, 0.5) is 0 Å². The maximum absolute atomic E-state index is 9.65. The van der Waals surface area contributed by atoms with E-state index in [0.717, 1.165) is 12.0 Å². The van der Waals surface area contributed by atoms with Crippen LogP contribution < -0.4 is 5.32 Å². The zero-order chi connectivity index (χ0) is 10.1. The predicted molar refractivity (Wildman–Crippen MR) is 58.3 cm³/mol. The van der Waals surface area contributed by atoms with E-state index in [1.807, 2.05) is 13.1 Å². The van der Waals surface area contributed by atoms with Crippen LogP contribution in [0.25, 0.3) is 5.57 Å². The molecule has 1 aliphatic rings. The van der Waals surface area contributed by atoms with Crippen molar-refractivity contribution in [1.29, 1.82) is 0 Å². The van der Waals surface area contributed by atoms with E-state index in [0.29, 0.717) is 11.8 Å². The Morgan fingerprint density at radius 1 is 1.43 bits per heavy atom. The Morgan fingerprint density at radius 3 is 2.93 bits per heavy atom. The predicted octanol–water partition coefficient (Wildman–Crippen LogP) is 1.94. The minimum atomic E-state index is 0.345. The van der Waals surface area contributed by atoms with E-state index in [-0.39, 0.29) is 0 Å². The molecular weight excluding hydrogens is 174 g/mol. The molecule has 0 radical (unpaired) electrons. The number of rotatable bonds is 2. The van der Waals surface area contributed by atoms with Crippen molar-refractivity contribution >= 4 is 5.57 Å². The van der Waals surface area contributed by atoms with E-state index in [2.05, 4.69) is 24.4 Å². The molecule has 2 N–H and O–H groups in total. The summed E-state index contributed by atoms with van der Waals surface area (Å²) in [6, 6.07) is 6.06. The fraction of sp³-hybridized carbons (Fsp3) is 0.333. The van der Waals surface area contributed by atoms with Crippen molar-refractivity contribution in [3.63, 3.8) is 0 Å². The number of likely N-dealkylation sites (N-methyl/N-ethyl adjacent to an activating group) is 1. The quantitative estimate of drug-likeness (QED) is 0.745. The summed E-state index contributed by atoms with van der Waals surface area (Å²) in [5, 5.41) is 12.9. The number of hydrogen-bond donors (Lipinski definition) is 2. The maximum atomic E-state index is 9.65. The summed E-state index contributed by atoms with van der Waals surface area (Å²) in [6.07, 6.45) is 3.04. The number of allylic oxidation sites excluding steroid dienone is 1. The topological polar surface area (TPSA) is 32.3 Å². The van der Waals surface area contributed by atoms with Crippen molar-refractivity contribution in [3.05, 3.63) is 35.4 Å². The van der Waals surface area contributed by atoms with Crippen LogP contribution in [0.15, 0.2) is 24.3 Å². The SMILES string of the molecule is CNC(C)C1=CCc2c(O)cccc21. The van der Waals surface area contributed by atoms with E-state index in [1.165, 1.54) is 11.1 Å². The molecular formula is C12H15NO. The molecule has 0 spiro atoms. The molecule has 0 fully saturated rings. The molecule has 0 saturated carbocycles. The Morgan fingerprint density at radius 2 is 2.21 bits per heavy atom. The van der Waals surface area contributed by atoms with E-state index >= 15 is 0 Å². The van der Waals surface area contributed by atoms with Crippen molar-refractivity contribution in [1.82, 2.24) is 5.32 Å². The average molecular weight is 189 g/mol. The Kier molecular flexibility index (Phi) is 2.30. The monoisotopic (exact) mass is 189 g/mol. The highest BCUT2D eigenvalue weighted by Gasteiger charge is 2.19. The number of phenols is 1. The fourth-order valence-corrected chi connectivity index (χ4v) is 1.95. The Bertz CT molecular complexity index is 382. The third kappa shape index (κ3) is 1.32. The molecule has 1 aromatic carbocycles. The molecule has 74 valence electrons. The number of nitrogens with one attached hydrogen (secondary N) is 1. The van der Waals surface area contributed by atoms with Crippen molar-refractivity contribution in [2.75, 3.05) is 7.05 Å². The lowest BCUT2D eigenvalue weighted by molar-refractivity contribution is 0.470. The summed E-state index contributed by atoms with van der Waals surface area (Å²) >= 11 is 0. The molecule has 1 aliphatic carbocycles. The van der Waals surface area contributed by atoms with Crippen molar-refractivity contribution < 1.29 is 5.11 Å². The molecule has 0 saturated heterocycles. The second-order valence-corrected chi connectivity index (χ2v) is 3.68. The molecule has 0 heterocycles. The van der Waals surface area contributed by atoms with Gasteiger partial charge in [0.25, 0.3) is 0 Å². The Hall–Kier alpha value is -1.28. The lowest BCUT2D eigenvalue weighted by atomic mass is 10.0. The van der Waals surface area contributed by atoms with Crippen LogP contribution in [0.5, 0.6) is 5.75 Å². The van der Waals surface area contributed by atoms with Gasteiger partial charge < -0.3 is 10.4 Å². The van der Waals surface area contributed by atoms with Gasteiger partial charge in [-0.15, -0.1) is 0 Å². The number of phenolic OH excluding ortho intramolecular Hbond substituents is 1. The van der Waals surface area contributed by atoms with Gasteiger partial charge in [-0.05, 0) is 37.6 Å². The summed E-state index contributed by atoms with van der Waals surface area (Å²) in [5.74, 6) is 0.414. The first kappa shape index (κ1) is 9.28. The lowest BCUT2D eigenvalue weighted by Gasteiger charge is -2.13. The van der Waals surface area contributed by atoms with Gasteiger partial charge in [-0.25, -0.2) is 0 Å². The summed E-state index contributed by atoms with van der Waals surface area (Å²) < 4.78 is 0. The smallest absolute Gasteiger partial charge is 0.119 e. The first-order chi connectivity index (χ1) is 6.74. The molecule has 1 atom stereocenters. The first-order valence-electron chi connectivity index (χ1n) is 4.92. The van der Waals surface area contributed by atoms with Crippen LogP contribution in [0.2, 0.25) is 0 Å². The number of fused-ring (bicyclic) bond motifs is 1. The highest BCUT2D eigenvalue weighted by molar-refractivity contribution is 5.77. The number of aromatic hydroxyl groups is 1. The summed E-state index contributed by atoms with van der Waals surface area (Å²) in [4.78, 5) is 0. The van der Waals surface area contributed by atoms with Gasteiger partial charge in [0, 0.05) is 11.6 Å². The molecule has 1 unspecified atom stereocenters. The van der Waals surface area contributed by atoms with Crippen LogP contribution in [-0.2, 0) is 6.42 Å². The molecule has 0 aliphatic heterocycles. The molecule has 0 amide bonds. The summed E-state index contributed by atoms with van der Waals surface area (Å²) in [5.41, 5.74) is 3.54. The van der Waals surface area contributed by atoms with Crippen molar-refractivity contribution in [3.8, 4) is 5.75 Å². The van der Waals surface area contributed by atoms with E-state index in [1.54, 1.807) is 6.07 Å². The van der Waals surface area contributed by atoms with Crippen LogP contribution in [0.3, 0.4) is 0 Å². The van der Waals surface area contributed by atoms with E-state index in [4.69, 9.17) is 0 Å². The van der Waals surface area contributed by atoms with Gasteiger partial charge in [0.1, 0.15) is 5.75 Å². The molecule has 14 heavy (non-hydrogen) atoms. The van der Waals surface area contributed by atoms with Crippen LogP contribution in [-0.4, -0.2) is 18.2 Å². The highest BCUT2D eigenvalue weighted by Crippen LogP contribution is 2.34. The second kappa shape index (κ2) is 3.46. The van der Waals surface area contributed by atoms with Gasteiger partial charge in [-0.1, -0.05) is 18.2 Å². The minimum absolute atomic E-state index is 0.345. The zero-order valence-corrected chi connectivity index (χ0v) is 8.54. The summed E-state index contributed by atoms with van der Waals surface area (Å²) in [6.45, 7) is 2.13. The lowest BCUT2D eigenvalue weighted by Crippen LogP contribution is -2.22. The zero-order valence-electron chi connectivity index (χ0n) is 8.54. The normalized spacial score (nSPS) is 16.3. The first-order valence-corrected chi connectivity index (χ1v) is 4.92. The second-order valence-electron chi connectivity index (χ2n) is 3.68. The third-order valence-corrected chi connectivity index (χ3v) is 2.89. The minimum Gasteiger partial charge on any atom is -0.508 e. The van der Waals surface area contributed by atoms with Crippen molar-refractivity contribution in [2.45, 2.75) is 19.4 Å².